The van der Waals surface area contributed by atoms with Crippen molar-refractivity contribution in [2.45, 2.75) is 25.3 Å². The third-order valence-electron chi connectivity index (χ3n) is 4.45. The predicted octanol–water partition coefficient (Wildman–Crippen LogP) is 2.31. The van der Waals surface area contributed by atoms with E-state index in [4.69, 9.17) is 5.11 Å². The van der Waals surface area contributed by atoms with Gasteiger partial charge in [0, 0.05) is 43.0 Å². The average Bonchev–Trinajstić information content (AvgIpc) is 3.03. The minimum Gasteiger partial charge on any atom is -0.394 e. The number of nitro benzene ring substituents is 1. The molecule has 128 valence electrons. The van der Waals surface area contributed by atoms with Gasteiger partial charge in [0.15, 0.2) is 0 Å². The second-order valence-corrected chi connectivity index (χ2v) is 5.85. The molecule has 2 heterocycles. The van der Waals surface area contributed by atoms with Crippen LogP contribution in [0.15, 0.2) is 30.5 Å². The highest BCUT2D eigenvalue weighted by Gasteiger charge is 2.27. The maximum Gasteiger partial charge on any atom is 0.292 e. The van der Waals surface area contributed by atoms with Crippen LogP contribution >= 0.6 is 0 Å². The van der Waals surface area contributed by atoms with Crippen LogP contribution in [0.2, 0.25) is 0 Å². The largest absolute Gasteiger partial charge is 0.394 e. The van der Waals surface area contributed by atoms with Crippen molar-refractivity contribution < 1.29 is 14.4 Å². The van der Waals surface area contributed by atoms with Gasteiger partial charge in [-0.05, 0) is 25.0 Å². The first kappa shape index (κ1) is 16.4. The van der Waals surface area contributed by atoms with Crippen LogP contribution in [0.25, 0.3) is 0 Å². The first-order valence-electron chi connectivity index (χ1n) is 7.91. The van der Waals surface area contributed by atoms with Crippen LogP contribution in [0, 0.1) is 15.9 Å². The molecule has 1 saturated heterocycles. The zero-order valence-corrected chi connectivity index (χ0v) is 13.1. The molecule has 1 aliphatic rings. The predicted molar refractivity (Wildman–Crippen MR) is 86.6 cm³/mol. The third kappa shape index (κ3) is 3.23. The summed E-state index contributed by atoms with van der Waals surface area (Å²) in [6, 6.07) is 5.50. The van der Waals surface area contributed by atoms with Crippen LogP contribution in [0.4, 0.5) is 15.8 Å². The molecule has 1 fully saturated rings. The molecule has 7 nitrogen and oxygen atoms in total. The van der Waals surface area contributed by atoms with Crippen molar-refractivity contribution in [3.8, 4) is 0 Å². The summed E-state index contributed by atoms with van der Waals surface area (Å²) in [6.07, 6.45) is 3.31. The van der Waals surface area contributed by atoms with E-state index in [1.807, 2.05) is 11.0 Å². The molecule has 0 spiro atoms. The summed E-state index contributed by atoms with van der Waals surface area (Å²) in [7, 11) is 0. The number of benzene rings is 1. The fraction of sp³-hybridized carbons (Fsp3) is 0.438. The van der Waals surface area contributed by atoms with E-state index in [-0.39, 0.29) is 18.2 Å². The second kappa shape index (κ2) is 6.96. The summed E-state index contributed by atoms with van der Waals surface area (Å²) in [4.78, 5) is 12.6. The molecule has 0 radical (unpaired) electrons. The lowest BCUT2D eigenvalue weighted by molar-refractivity contribution is -0.384. The Morgan fingerprint density at radius 1 is 1.33 bits per heavy atom. The Morgan fingerprint density at radius 3 is 2.75 bits per heavy atom. The molecule has 3 rings (SSSR count). The van der Waals surface area contributed by atoms with Gasteiger partial charge in [-0.1, -0.05) is 0 Å². The minimum atomic E-state index is -0.475. The minimum absolute atomic E-state index is 0.0308. The van der Waals surface area contributed by atoms with Gasteiger partial charge < -0.3 is 10.0 Å². The van der Waals surface area contributed by atoms with Crippen molar-refractivity contribution in [1.29, 1.82) is 0 Å². The molecule has 1 N–H and O–H groups in total. The molecule has 0 saturated carbocycles. The summed E-state index contributed by atoms with van der Waals surface area (Å²) < 4.78 is 15.3. The first-order valence-corrected chi connectivity index (χ1v) is 7.91. The summed E-state index contributed by atoms with van der Waals surface area (Å²) in [5.41, 5.74) is 1.33. The van der Waals surface area contributed by atoms with Crippen LogP contribution in [0.3, 0.4) is 0 Å². The number of hydrogen-bond acceptors (Lipinski definition) is 5. The fourth-order valence-corrected chi connectivity index (χ4v) is 3.29. The van der Waals surface area contributed by atoms with E-state index in [0.29, 0.717) is 25.3 Å². The van der Waals surface area contributed by atoms with Crippen molar-refractivity contribution in [1.82, 2.24) is 9.78 Å². The van der Waals surface area contributed by atoms with Gasteiger partial charge in [-0.25, -0.2) is 4.39 Å². The number of anilines is 1. The SMILES string of the molecule is O=[N+]([O-])c1ccc(F)cc1N1CCC(c2ccnn2CCO)CC1. The van der Waals surface area contributed by atoms with Gasteiger partial charge in [-0.3, -0.25) is 14.8 Å². The fourth-order valence-electron chi connectivity index (χ4n) is 3.29. The Morgan fingerprint density at radius 2 is 2.08 bits per heavy atom. The monoisotopic (exact) mass is 334 g/mol. The smallest absolute Gasteiger partial charge is 0.292 e. The van der Waals surface area contributed by atoms with Crippen LogP contribution in [0.5, 0.6) is 0 Å². The zero-order valence-electron chi connectivity index (χ0n) is 13.1. The van der Waals surface area contributed by atoms with Gasteiger partial charge in [-0.2, -0.15) is 5.10 Å². The van der Waals surface area contributed by atoms with Crippen LogP contribution in [0.1, 0.15) is 24.5 Å². The molecule has 1 aromatic carbocycles. The van der Waals surface area contributed by atoms with E-state index < -0.39 is 10.7 Å². The number of nitrogens with zero attached hydrogens (tertiary/aromatic N) is 4. The lowest BCUT2D eigenvalue weighted by Crippen LogP contribution is -2.34. The summed E-state index contributed by atoms with van der Waals surface area (Å²) in [6.45, 7) is 1.71. The van der Waals surface area contributed by atoms with Crippen LogP contribution in [-0.4, -0.2) is 39.5 Å². The lowest BCUT2D eigenvalue weighted by atomic mass is 9.93. The number of piperidine rings is 1. The van der Waals surface area contributed by atoms with Crippen LogP contribution < -0.4 is 4.90 Å². The normalized spacial score (nSPS) is 15.7. The average molecular weight is 334 g/mol. The molecule has 1 aromatic heterocycles. The molecule has 24 heavy (non-hydrogen) atoms. The van der Waals surface area contributed by atoms with Gasteiger partial charge in [0.25, 0.3) is 5.69 Å². The topological polar surface area (TPSA) is 84.4 Å². The Hall–Kier alpha value is -2.48. The second-order valence-electron chi connectivity index (χ2n) is 5.85. The van der Waals surface area contributed by atoms with Crippen molar-refractivity contribution in [3.63, 3.8) is 0 Å². The molecule has 8 heteroatoms. The lowest BCUT2D eigenvalue weighted by Gasteiger charge is -2.33. The van der Waals surface area contributed by atoms with Crippen molar-refractivity contribution in [3.05, 3.63) is 52.1 Å². The van der Waals surface area contributed by atoms with E-state index in [9.17, 15) is 14.5 Å². The molecule has 2 aromatic rings. The molecular weight excluding hydrogens is 315 g/mol. The highest BCUT2D eigenvalue weighted by Crippen LogP contribution is 2.35. The molecule has 0 unspecified atom stereocenters. The zero-order chi connectivity index (χ0) is 17.1. The molecule has 0 atom stereocenters. The van der Waals surface area contributed by atoms with E-state index in [1.165, 1.54) is 12.1 Å². The maximum atomic E-state index is 13.5. The highest BCUT2D eigenvalue weighted by atomic mass is 19.1. The van der Waals surface area contributed by atoms with Crippen molar-refractivity contribution >= 4 is 11.4 Å². The Kier molecular flexibility index (Phi) is 4.75. The highest BCUT2D eigenvalue weighted by molar-refractivity contribution is 5.63. The number of halogens is 1. The molecule has 0 aliphatic carbocycles. The van der Waals surface area contributed by atoms with Gasteiger partial charge in [0.2, 0.25) is 0 Å². The summed E-state index contributed by atoms with van der Waals surface area (Å²) >= 11 is 0. The molecule has 0 amide bonds. The number of aliphatic hydroxyl groups excluding tert-OH is 1. The Bertz CT molecular complexity index is 726. The number of hydrogen-bond donors (Lipinski definition) is 1. The Labute approximate surface area is 138 Å². The molecule has 1 aliphatic heterocycles. The number of rotatable bonds is 5. The quantitative estimate of drug-likeness (QED) is 0.670. The third-order valence-corrected chi connectivity index (χ3v) is 4.45. The van der Waals surface area contributed by atoms with Gasteiger partial charge in [-0.15, -0.1) is 0 Å². The van der Waals surface area contributed by atoms with Crippen LogP contribution in [-0.2, 0) is 6.54 Å². The number of aliphatic hydroxyl groups is 1. The van der Waals surface area contributed by atoms with Gasteiger partial charge in [0.05, 0.1) is 18.1 Å². The number of nitro groups is 1. The van der Waals surface area contributed by atoms with Crippen molar-refractivity contribution in [2.75, 3.05) is 24.6 Å². The maximum absolute atomic E-state index is 13.5. The van der Waals surface area contributed by atoms with Crippen molar-refractivity contribution in [2.24, 2.45) is 0 Å². The standard InChI is InChI=1S/C16H19FN4O3/c17-13-1-2-15(21(23)24)16(11-13)19-7-4-12(5-8-19)14-3-6-18-20(14)9-10-22/h1-3,6,11-12,22H,4-5,7-10H2. The molecular formula is C16H19FN4O3. The summed E-state index contributed by atoms with van der Waals surface area (Å²) in [5, 5.41) is 24.5. The van der Waals surface area contributed by atoms with E-state index in [2.05, 4.69) is 5.10 Å². The van der Waals surface area contributed by atoms with Gasteiger partial charge in [0.1, 0.15) is 11.5 Å². The van der Waals surface area contributed by atoms with Gasteiger partial charge >= 0.3 is 0 Å². The summed E-state index contributed by atoms with van der Waals surface area (Å²) in [5.74, 6) is -0.193. The van der Waals surface area contributed by atoms with E-state index >= 15 is 0 Å². The van der Waals surface area contributed by atoms with E-state index in [1.54, 1.807) is 10.9 Å². The number of aromatic nitrogens is 2. The Balaban J connectivity index is 1.75. The first-order chi connectivity index (χ1) is 11.6. The van der Waals surface area contributed by atoms with E-state index in [0.717, 1.165) is 24.6 Å². The molecule has 0 bridgehead atoms.